The molecule has 9 nitrogen and oxygen atoms in total. The monoisotopic (exact) mass is 584 g/mol. The van der Waals surface area contributed by atoms with Crippen LogP contribution in [0.3, 0.4) is 0 Å². The van der Waals surface area contributed by atoms with Gasteiger partial charge in [-0.15, -0.1) is 0 Å². The SMILES string of the molecule is O=C(Cc1ccc(Nc2ccnc3[nH]c(=O)c(C(=O)NC[C@H](O)CO)c(-c4ccccc4)c23)cc1)c1ccc(F)c(F)c1. The quantitative estimate of drug-likeness (QED) is 0.155. The molecule has 218 valence electrons. The van der Waals surface area contributed by atoms with Crippen molar-refractivity contribution < 1.29 is 28.6 Å². The lowest BCUT2D eigenvalue weighted by Crippen LogP contribution is -2.37. The van der Waals surface area contributed by atoms with Gasteiger partial charge >= 0.3 is 0 Å². The number of H-pyrrole nitrogens is 1. The van der Waals surface area contributed by atoms with Crippen molar-refractivity contribution in [3.63, 3.8) is 0 Å². The molecule has 0 unspecified atom stereocenters. The van der Waals surface area contributed by atoms with Gasteiger partial charge in [0.15, 0.2) is 17.4 Å². The maximum Gasteiger partial charge on any atom is 0.263 e. The van der Waals surface area contributed by atoms with E-state index in [1.165, 1.54) is 12.3 Å². The molecule has 2 heterocycles. The summed E-state index contributed by atoms with van der Waals surface area (Å²) < 4.78 is 26.8. The molecule has 0 aliphatic carbocycles. The highest BCUT2D eigenvalue weighted by Gasteiger charge is 2.23. The maximum absolute atomic E-state index is 13.6. The number of aromatic nitrogens is 2. The van der Waals surface area contributed by atoms with Crippen LogP contribution >= 0.6 is 0 Å². The predicted molar refractivity (Wildman–Crippen MR) is 157 cm³/mol. The van der Waals surface area contributed by atoms with Crippen LogP contribution in [0.5, 0.6) is 0 Å². The molecule has 3 aromatic carbocycles. The zero-order valence-corrected chi connectivity index (χ0v) is 22.6. The number of Topliss-reactive ketones (excluding diaryl/α,β-unsaturated/α-hetero) is 1. The van der Waals surface area contributed by atoms with Crippen LogP contribution in [0, 0.1) is 11.6 Å². The Balaban J connectivity index is 1.50. The number of hydrogen-bond acceptors (Lipinski definition) is 7. The number of aromatic amines is 1. The fraction of sp³-hybridized carbons (Fsp3) is 0.125. The smallest absolute Gasteiger partial charge is 0.263 e. The standard InChI is InChI=1S/C32H26F2N4O5/c33-23-11-8-20(15-24(23)34)26(41)14-18-6-9-21(10-7-18)37-25-12-13-35-30-28(25)27(19-4-2-1-3-5-19)29(32(43)38-30)31(42)36-16-22(40)17-39/h1-13,15,22,39-40H,14,16-17H2,(H,36,42)(H2,35,37,38,43)/t22-/m0/s1. The minimum Gasteiger partial charge on any atom is -0.394 e. The summed E-state index contributed by atoms with van der Waals surface area (Å²) in [7, 11) is 0. The lowest BCUT2D eigenvalue weighted by molar-refractivity contribution is 0.0801. The van der Waals surface area contributed by atoms with Crippen molar-refractivity contribution in [3.05, 3.63) is 124 Å². The van der Waals surface area contributed by atoms with Crippen molar-refractivity contribution in [1.29, 1.82) is 0 Å². The van der Waals surface area contributed by atoms with Gasteiger partial charge in [-0.3, -0.25) is 14.4 Å². The lowest BCUT2D eigenvalue weighted by atomic mass is 9.96. The van der Waals surface area contributed by atoms with Gasteiger partial charge in [0.25, 0.3) is 11.5 Å². The van der Waals surface area contributed by atoms with E-state index in [1.54, 1.807) is 60.7 Å². The second-order valence-corrected chi connectivity index (χ2v) is 9.75. The molecule has 5 N–H and O–H groups in total. The third-order valence-electron chi connectivity index (χ3n) is 6.75. The van der Waals surface area contributed by atoms with Crippen molar-refractivity contribution in [1.82, 2.24) is 15.3 Å². The number of ketones is 1. The third kappa shape index (κ3) is 6.48. The molecular formula is C32H26F2N4O5. The largest absolute Gasteiger partial charge is 0.394 e. The van der Waals surface area contributed by atoms with E-state index >= 15 is 0 Å². The van der Waals surface area contributed by atoms with Crippen LogP contribution in [-0.2, 0) is 6.42 Å². The van der Waals surface area contributed by atoms with Gasteiger partial charge in [0.1, 0.15) is 11.2 Å². The molecule has 0 saturated heterocycles. The minimum absolute atomic E-state index is 0.0214. The van der Waals surface area contributed by atoms with Crippen LogP contribution in [0.4, 0.5) is 20.2 Å². The Kier molecular flexibility index (Phi) is 8.65. The molecule has 0 radical (unpaired) electrons. The molecule has 5 rings (SSSR count). The first kappa shape index (κ1) is 29.2. The average Bonchev–Trinajstić information content (AvgIpc) is 3.01. The number of fused-ring (bicyclic) bond motifs is 1. The van der Waals surface area contributed by atoms with Crippen molar-refractivity contribution >= 4 is 34.1 Å². The second kappa shape index (κ2) is 12.7. The molecule has 0 aliphatic rings. The minimum atomic E-state index is -1.20. The normalized spacial score (nSPS) is 11.7. The number of aliphatic hydroxyl groups is 2. The van der Waals surface area contributed by atoms with Gasteiger partial charge in [0.05, 0.1) is 18.4 Å². The predicted octanol–water partition coefficient (Wildman–Crippen LogP) is 4.12. The molecule has 1 atom stereocenters. The fourth-order valence-corrected chi connectivity index (χ4v) is 4.61. The number of halogens is 2. The van der Waals surface area contributed by atoms with E-state index in [0.717, 1.165) is 12.1 Å². The van der Waals surface area contributed by atoms with E-state index in [9.17, 15) is 28.3 Å². The van der Waals surface area contributed by atoms with E-state index in [0.29, 0.717) is 33.5 Å². The highest BCUT2D eigenvalue weighted by atomic mass is 19.2. The number of rotatable bonds is 10. The van der Waals surface area contributed by atoms with Gasteiger partial charge in [0, 0.05) is 41.4 Å². The molecule has 0 saturated carbocycles. The Morgan fingerprint density at radius 2 is 1.70 bits per heavy atom. The van der Waals surface area contributed by atoms with Crippen molar-refractivity contribution in [2.75, 3.05) is 18.5 Å². The summed E-state index contributed by atoms with van der Waals surface area (Å²) in [5, 5.41) is 25.1. The number of carbonyl (C=O) groups excluding carboxylic acids is 2. The van der Waals surface area contributed by atoms with Crippen LogP contribution in [0.2, 0.25) is 0 Å². The first-order valence-electron chi connectivity index (χ1n) is 13.3. The average molecular weight is 585 g/mol. The van der Waals surface area contributed by atoms with E-state index in [2.05, 4.69) is 20.6 Å². The zero-order valence-electron chi connectivity index (χ0n) is 22.6. The van der Waals surface area contributed by atoms with Gasteiger partial charge in [-0.2, -0.15) is 0 Å². The van der Waals surface area contributed by atoms with Crippen LogP contribution in [-0.4, -0.2) is 51.1 Å². The van der Waals surface area contributed by atoms with Gasteiger partial charge in [0.2, 0.25) is 0 Å². The van der Waals surface area contributed by atoms with Gasteiger partial charge in [-0.05, 0) is 47.5 Å². The summed E-state index contributed by atoms with van der Waals surface area (Å²) in [6.07, 6.45) is 0.284. The molecule has 0 fully saturated rings. The number of aliphatic hydroxyl groups excluding tert-OH is 2. The zero-order chi connectivity index (χ0) is 30.5. The van der Waals surface area contributed by atoms with E-state index in [1.807, 2.05) is 0 Å². The van der Waals surface area contributed by atoms with Crippen LogP contribution < -0.4 is 16.2 Å². The summed E-state index contributed by atoms with van der Waals surface area (Å²) in [4.78, 5) is 46.0. The molecule has 11 heteroatoms. The Morgan fingerprint density at radius 1 is 0.953 bits per heavy atom. The topological polar surface area (TPSA) is 144 Å². The Labute approximate surface area is 243 Å². The molecule has 0 aliphatic heterocycles. The number of nitrogens with zero attached hydrogens (tertiary/aromatic N) is 1. The summed E-state index contributed by atoms with van der Waals surface area (Å²) in [6.45, 7) is -0.820. The van der Waals surface area contributed by atoms with Crippen LogP contribution in [0.15, 0.2) is 89.9 Å². The van der Waals surface area contributed by atoms with Crippen LogP contribution in [0.25, 0.3) is 22.2 Å². The first-order chi connectivity index (χ1) is 20.7. The third-order valence-corrected chi connectivity index (χ3v) is 6.75. The maximum atomic E-state index is 13.6. The highest BCUT2D eigenvalue weighted by Crippen LogP contribution is 2.35. The number of nitrogens with one attached hydrogen (secondary N) is 3. The number of hydrogen-bond donors (Lipinski definition) is 5. The number of benzene rings is 3. The van der Waals surface area contributed by atoms with Crippen LogP contribution in [0.1, 0.15) is 26.3 Å². The van der Waals surface area contributed by atoms with E-state index in [4.69, 9.17) is 5.11 Å². The second-order valence-electron chi connectivity index (χ2n) is 9.75. The molecular weight excluding hydrogens is 558 g/mol. The number of pyridine rings is 2. The first-order valence-corrected chi connectivity index (χ1v) is 13.3. The molecule has 1 amide bonds. The number of carbonyl (C=O) groups is 2. The molecule has 43 heavy (non-hydrogen) atoms. The van der Waals surface area contributed by atoms with E-state index in [-0.39, 0.29) is 35.5 Å². The molecule has 0 spiro atoms. The van der Waals surface area contributed by atoms with Crippen molar-refractivity contribution in [3.8, 4) is 11.1 Å². The number of amides is 1. The molecule has 0 bridgehead atoms. The Hall–Kier alpha value is -5.26. The van der Waals surface area contributed by atoms with Gasteiger partial charge < -0.3 is 25.8 Å². The summed E-state index contributed by atoms with van der Waals surface area (Å²) >= 11 is 0. The Morgan fingerprint density at radius 3 is 2.40 bits per heavy atom. The van der Waals surface area contributed by atoms with Gasteiger partial charge in [-0.1, -0.05) is 42.5 Å². The molecule has 5 aromatic rings. The van der Waals surface area contributed by atoms with E-state index < -0.39 is 35.8 Å². The fourth-order valence-electron chi connectivity index (χ4n) is 4.61. The molecule has 2 aromatic heterocycles. The van der Waals surface area contributed by atoms with Crippen molar-refractivity contribution in [2.45, 2.75) is 12.5 Å². The van der Waals surface area contributed by atoms with Gasteiger partial charge in [-0.25, -0.2) is 13.8 Å². The summed E-state index contributed by atoms with van der Waals surface area (Å²) in [6, 6.07) is 20.5. The Bertz CT molecular complexity index is 1860. The number of anilines is 2. The summed E-state index contributed by atoms with van der Waals surface area (Å²) in [5.41, 5.74) is 2.13. The summed E-state index contributed by atoms with van der Waals surface area (Å²) in [5.74, 6) is -3.22. The van der Waals surface area contributed by atoms with Crippen molar-refractivity contribution in [2.24, 2.45) is 0 Å². The lowest BCUT2D eigenvalue weighted by Gasteiger charge is -2.17. The highest BCUT2D eigenvalue weighted by molar-refractivity contribution is 6.12.